The Labute approximate surface area is 174 Å². The Hall–Kier alpha value is -2.21. The first-order valence-electron chi connectivity index (χ1n) is 9.29. The van der Waals surface area contributed by atoms with Gasteiger partial charge in [0, 0.05) is 54.3 Å². The van der Waals surface area contributed by atoms with E-state index < -0.39 is 0 Å². The summed E-state index contributed by atoms with van der Waals surface area (Å²) in [4.78, 5) is 20.5. The molecule has 3 aromatic rings. The van der Waals surface area contributed by atoms with E-state index >= 15 is 0 Å². The molecule has 28 heavy (non-hydrogen) atoms. The van der Waals surface area contributed by atoms with Gasteiger partial charge in [0.25, 0.3) is 5.91 Å². The highest BCUT2D eigenvalue weighted by molar-refractivity contribution is 6.39. The Bertz CT molecular complexity index is 1010. The number of benzene rings is 2. The number of amides is 1. The third kappa shape index (κ3) is 3.83. The number of anilines is 1. The normalized spacial score (nSPS) is 15.2. The van der Waals surface area contributed by atoms with Gasteiger partial charge >= 0.3 is 0 Å². The van der Waals surface area contributed by atoms with Crippen molar-refractivity contribution in [2.75, 3.05) is 38.1 Å². The standard InChI is InChI=1S/C21H22Cl2N4O/c1-26-8-10-27(11-9-26)18-5-3-2-4-14(18)13-24-21(28)20-19(23)16-12-15(22)6-7-17(16)25-20/h2-7,12,25H,8-11,13H2,1H3,(H,24,28). The van der Waals surface area contributed by atoms with Crippen molar-refractivity contribution in [2.24, 2.45) is 0 Å². The van der Waals surface area contributed by atoms with Gasteiger partial charge in [0.15, 0.2) is 0 Å². The van der Waals surface area contributed by atoms with Crippen LogP contribution in [0.3, 0.4) is 0 Å². The van der Waals surface area contributed by atoms with E-state index in [0.29, 0.717) is 22.3 Å². The fraction of sp³-hybridized carbons (Fsp3) is 0.286. The second-order valence-corrected chi connectivity index (χ2v) is 7.92. The second kappa shape index (κ2) is 8.03. The van der Waals surface area contributed by atoms with E-state index in [-0.39, 0.29) is 5.91 Å². The van der Waals surface area contributed by atoms with Crippen molar-refractivity contribution in [1.29, 1.82) is 0 Å². The molecule has 5 nitrogen and oxygen atoms in total. The lowest BCUT2D eigenvalue weighted by Gasteiger charge is -2.35. The van der Waals surface area contributed by atoms with Crippen LogP contribution in [0.2, 0.25) is 10.0 Å². The van der Waals surface area contributed by atoms with E-state index in [4.69, 9.17) is 23.2 Å². The van der Waals surface area contributed by atoms with Crippen LogP contribution in [-0.2, 0) is 6.54 Å². The van der Waals surface area contributed by atoms with Crippen molar-refractivity contribution in [1.82, 2.24) is 15.2 Å². The van der Waals surface area contributed by atoms with Crippen molar-refractivity contribution in [3.63, 3.8) is 0 Å². The first kappa shape index (κ1) is 19.1. The van der Waals surface area contributed by atoms with Crippen LogP contribution in [0.1, 0.15) is 16.1 Å². The van der Waals surface area contributed by atoms with Gasteiger partial charge in [-0.25, -0.2) is 0 Å². The Kier molecular flexibility index (Phi) is 5.49. The number of nitrogens with one attached hydrogen (secondary N) is 2. The third-order valence-corrected chi connectivity index (χ3v) is 5.83. The molecule has 0 saturated carbocycles. The van der Waals surface area contributed by atoms with E-state index in [1.165, 1.54) is 5.69 Å². The fourth-order valence-corrected chi connectivity index (χ4v) is 4.03. The topological polar surface area (TPSA) is 51.4 Å². The van der Waals surface area contributed by atoms with E-state index in [1.54, 1.807) is 12.1 Å². The van der Waals surface area contributed by atoms with E-state index in [9.17, 15) is 4.79 Å². The molecule has 0 bridgehead atoms. The number of nitrogens with zero attached hydrogens (tertiary/aromatic N) is 2. The molecule has 0 aliphatic carbocycles. The number of hydrogen-bond acceptors (Lipinski definition) is 3. The van der Waals surface area contributed by atoms with E-state index in [1.807, 2.05) is 18.2 Å². The summed E-state index contributed by atoms with van der Waals surface area (Å²) in [7, 11) is 2.14. The number of para-hydroxylation sites is 1. The fourth-order valence-electron chi connectivity index (χ4n) is 3.57. The number of H-pyrrole nitrogens is 1. The summed E-state index contributed by atoms with van der Waals surface area (Å²) in [5.41, 5.74) is 3.41. The maximum atomic E-state index is 12.7. The molecule has 1 aromatic heterocycles. The monoisotopic (exact) mass is 416 g/mol. The highest BCUT2D eigenvalue weighted by atomic mass is 35.5. The molecule has 1 fully saturated rings. The maximum Gasteiger partial charge on any atom is 0.269 e. The largest absolute Gasteiger partial charge is 0.369 e. The highest BCUT2D eigenvalue weighted by Gasteiger charge is 2.19. The maximum absolute atomic E-state index is 12.7. The summed E-state index contributed by atoms with van der Waals surface area (Å²) < 4.78 is 0. The van der Waals surface area contributed by atoms with Crippen LogP contribution in [0.15, 0.2) is 42.5 Å². The number of fused-ring (bicyclic) bond motifs is 1. The van der Waals surface area contributed by atoms with Crippen molar-refractivity contribution in [3.8, 4) is 0 Å². The van der Waals surface area contributed by atoms with Crippen molar-refractivity contribution >= 4 is 45.7 Å². The number of aromatic amines is 1. The molecule has 1 amide bonds. The molecule has 0 unspecified atom stereocenters. The van der Waals surface area contributed by atoms with Gasteiger partial charge in [-0.3, -0.25) is 4.79 Å². The molecule has 7 heteroatoms. The molecular formula is C21H22Cl2N4O. The zero-order chi connectivity index (χ0) is 19.7. The van der Waals surface area contributed by atoms with Gasteiger partial charge in [0.1, 0.15) is 5.69 Å². The minimum Gasteiger partial charge on any atom is -0.369 e. The molecule has 1 aliphatic heterocycles. The van der Waals surface area contributed by atoms with Crippen molar-refractivity contribution in [3.05, 3.63) is 63.8 Å². The Morgan fingerprint density at radius 3 is 2.64 bits per heavy atom. The molecule has 2 heterocycles. The first-order valence-corrected chi connectivity index (χ1v) is 10.0. The van der Waals surface area contributed by atoms with Crippen LogP contribution in [0.25, 0.3) is 10.9 Å². The van der Waals surface area contributed by atoms with Gasteiger partial charge < -0.3 is 20.1 Å². The predicted molar refractivity (Wildman–Crippen MR) is 116 cm³/mol. The minimum atomic E-state index is -0.231. The van der Waals surface area contributed by atoms with Gasteiger partial charge in [0.2, 0.25) is 0 Å². The van der Waals surface area contributed by atoms with Crippen LogP contribution in [0, 0.1) is 0 Å². The summed E-state index contributed by atoms with van der Waals surface area (Å²) >= 11 is 12.4. The molecule has 0 radical (unpaired) electrons. The van der Waals surface area contributed by atoms with Gasteiger partial charge in [-0.1, -0.05) is 41.4 Å². The summed E-state index contributed by atoms with van der Waals surface area (Å²) in [5.74, 6) is -0.231. The molecule has 0 atom stereocenters. The molecule has 0 spiro atoms. The summed E-state index contributed by atoms with van der Waals surface area (Å²) in [5, 5.41) is 4.72. The van der Waals surface area contributed by atoms with Crippen LogP contribution >= 0.6 is 23.2 Å². The van der Waals surface area contributed by atoms with Gasteiger partial charge in [-0.15, -0.1) is 0 Å². The van der Waals surface area contributed by atoms with Crippen LogP contribution in [0.5, 0.6) is 0 Å². The lowest BCUT2D eigenvalue weighted by atomic mass is 10.1. The van der Waals surface area contributed by atoms with Crippen LogP contribution in [-0.4, -0.2) is 49.0 Å². The lowest BCUT2D eigenvalue weighted by molar-refractivity contribution is 0.0947. The molecule has 2 aromatic carbocycles. The third-order valence-electron chi connectivity index (χ3n) is 5.20. The smallest absolute Gasteiger partial charge is 0.269 e. The van der Waals surface area contributed by atoms with Crippen LogP contribution < -0.4 is 10.2 Å². The Balaban J connectivity index is 1.51. The minimum absolute atomic E-state index is 0.231. The van der Waals surface area contributed by atoms with Gasteiger partial charge in [0.05, 0.1) is 5.02 Å². The van der Waals surface area contributed by atoms with Gasteiger partial charge in [-0.2, -0.15) is 0 Å². The molecule has 2 N–H and O–H groups in total. The Morgan fingerprint density at radius 2 is 1.86 bits per heavy atom. The second-order valence-electron chi connectivity index (χ2n) is 7.11. The number of rotatable bonds is 4. The Morgan fingerprint density at radius 1 is 1.11 bits per heavy atom. The molecule has 4 rings (SSSR count). The van der Waals surface area contributed by atoms with Crippen LogP contribution in [0.4, 0.5) is 5.69 Å². The van der Waals surface area contributed by atoms with Crippen molar-refractivity contribution < 1.29 is 4.79 Å². The molecular weight excluding hydrogens is 395 g/mol. The SMILES string of the molecule is CN1CCN(c2ccccc2CNC(=O)c2[nH]c3ccc(Cl)cc3c2Cl)CC1. The quantitative estimate of drug-likeness (QED) is 0.671. The average Bonchev–Trinajstić information content (AvgIpc) is 3.03. The summed E-state index contributed by atoms with van der Waals surface area (Å²) in [6.45, 7) is 4.47. The van der Waals surface area contributed by atoms with Crippen molar-refractivity contribution in [2.45, 2.75) is 6.54 Å². The number of carbonyl (C=O) groups excluding carboxylic acids is 1. The zero-order valence-corrected chi connectivity index (χ0v) is 17.1. The number of piperazine rings is 1. The first-order chi connectivity index (χ1) is 13.5. The van der Waals surface area contributed by atoms with E-state index in [0.717, 1.165) is 42.6 Å². The summed E-state index contributed by atoms with van der Waals surface area (Å²) in [6.07, 6.45) is 0. The molecule has 1 aliphatic rings. The number of halogens is 2. The average molecular weight is 417 g/mol. The molecule has 1 saturated heterocycles. The summed E-state index contributed by atoms with van der Waals surface area (Å²) in [6, 6.07) is 13.6. The molecule has 146 valence electrons. The van der Waals surface area contributed by atoms with Gasteiger partial charge in [-0.05, 0) is 36.9 Å². The number of aromatic nitrogens is 1. The van der Waals surface area contributed by atoms with E-state index in [2.05, 4.69) is 39.3 Å². The predicted octanol–water partition coefficient (Wildman–Crippen LogP) is 4.16. The highest BCUT2D eigenvalue weighted by Crippen LogP contribution is 2.30. The zero-order valence-electron chi connectivity index (χ0n) is 15.6. The lowest BCUT2D eigenvalue weighted by Crippen LogP contribution is -2.45. The number of likely N-dealkylation sites (N-methyl/N-ethyl adjacent to an activating group) is 1. The number of hydrogen-bond donors (Lipinski definition) is 2. The number of carbonyl (C=O) groups is 1.